The number of carbonyl (C=O) groups is 2. The van der Waals surface area contributed by atoms with Crippen LogP contribution in [0.4, 0.5) is 0 Å². The molecule has 2 saturated carbocycles. The zero-order valence-electron chi connectivity index (χ0n) is 11.5. The second-order valence-corrected chi connectivity index (χ2v) is 6.21. The van der Waals surface area contributed by atoms with Gasteiger partial charge in [0.1, 0.15) is 5.60 Å². The third-order valence-corrected chi connectivity index (χ3v) is 5.27. The average Bonchev–Trinajstić information content (AvgIpc) is 3.01. The molecule has 5 atom stereocenters. The molecule has 3 rings (SSSR count). The molecule has 2 bridgehead atoms. The van der Waals surface area contributed by atoms with E-state index in [1.807, 2.05) is 6.92 Å². The second kappa shape index (κ2) is 4.09. The lowest BCUT2D eigenvalue weighted by atomic mass is 9.71. The largest absolute Gasteiger partial charge is 0.465 e. The number of cyclic esters (lactones) is 1. The van der Waals surface area contributed by atoms with Gasteiger partial charge in [0.2, 0.25) is 0 Å². The third-order valence-electron chi connectivity index (χ3n) is 5.27. The zero-order valence-corrected chi connectivity index (χ0v) is 11.5. The molecule has 0 N–H and O–H groups in total. The molecule has 104 valence electrons. The molecule has 1 saturated heterocycles. The van der Waals surface area contributed by atoms with Gasteiger partial charge in [-0.15, -0.1) is 0 Å². The minimum absolute atomic E-state index is 0.0587. The summed E-state index contributed by atoms with van der Waals surface area (Å²) >= 11 is 0. The third kappa shape index (κ3) is 1.65. The van der Waals surface area contributed by atoms with Crippen molar-refractivity contribution in [2.45, 2.75) is 38.7 Å². The van der Waals surface area contributed by atoms with E-state index in [-0.39, 0.29) is 23.8 Å². The maximum atomic E-state index is 11.9. The Morgan fingerprint density at radius 1 is 1.58 bits per heavy atom. The van der Waals surface area contributed by atoms with Crippen LogP contribution in [0.5, 0.6) is 0 Å². The van der Waals surface area contributed by atoms with E-state index < -0.39 is 5.60 Å². The van der Waals surface area contributed by atoms with Gasteiger partial charge in [0.25, 0.3) is 0 Å². The minimum atomic E-state index is -0.481. The smallest absolute Gasteiger partial charge is 0.333 e. The molecule has 1 aliphatic heterocycles. The molecule has 2 aliphatic carbocycles. The lowest BCUT2D eigenvalue weighted by molar-refractivity contribution is -0.168. The van der Waals surface area contributed by atoms with Crippen LogP contribution in [0.1, 0.15) is 33.1 Å². The SMILES string of the molecule is C=C(C)C(=O)OC1(CC)CC2CC1C1C(=O)OCC21. The highest BCUT2D eigenvalue weighted by atomic mass is 16.6. The molecule has 0 aromatic rings. The van der Waals surface area contributed by atoms with Crippen molar-refractivity contribution in [1.82, 2.24) is 0 Å². The first-order valence-electron chi connectivity index (χ1n) is 7.04. The van der Waals surface area contributed by atoms with Crippen molar-refractivity contribution in [3.05, 3.63) is 12.2 Å². The van der Waals surface area contributed by atoms with Crippen molar-refractivity contribution >= 4 is 11.9 Å². The molecule has 19 heavy (non-hydrogen) atoms. The van der Waals surface area contributed by atoms with Gasteiger partial charge in [0.15, 0.2) is 0 Å². The van der Waals surface area contributed by atoms with Crippen LogP contribution in [0.15, 0.2) is 12.2 Å². The molecule has 0 aromatic heterocycles. The molecule has 0 spiro atoms. The van der Waals surface area contributed by atoms with Gasteiger partial charge in [0, 0.05) is 17.4 Å². The first kappa shape index (κ1) is 12.7. The summed E-state index contributed by atoms with van der Waals surface area (Å²) in [6, 6.07) is 0. The van der Waals surface area contributed by atoms with Crippen LogP contribution >= 0.6 is 0 Å². The average molecular weight is 264 g/mol. The molecular weight excluding hydrogens is 244 g/mol. The fraction of sp³-hybridized carbons (Fsp3) is 0.733. The Hall–Kier alpha value is -1.32. The lowest BCUT2D eigenvalue weighted by Gasteiger charge is -2.40. The van der Waals surface area contributed by atoms with E-state index in [2.05, 4.69) is 6.58 Å². The maximum Gasteiger partial charge on any atom is 0.333 e. The summed E-state index contributed by atoms with van der Waals surface area (Å²) in [7, 11) is 0. The number of ether oxygens (including phenoxy) is 2. The Bertz CT molecular complexity index is 455. The summed E-state index contributed by atoms with van der Waals surface area (Å²) in [5, 5.41) is 0. The summed E-state index contributed by atoms with van der Waals surface area (Å²) in [6.07, 6.45) is 2.61. The van der Waals surface area contributed by atoms with Crippen LogP contribution in [0.25, 0.3) is 0 Å². The molecular formula is C15H20O4. The molecule has 5 unspecified atom stereocenters. The fourth-order valence-electron chi connectivity index (χ4n) is 4.33. The number of esters is 2. The molecule has 0 amide bonds. The van der Waals surface area contributed by atoms with Crippen molar-refractivity contribution in [2.75, 3.05) is 6.61 Å². The van der Waals surface area contributed by atoms with Gasteiger partial charge in [0.05, 0.1) is 12.5 Å². The van der Waals surface area contributed by atoms with Crippen molar-refractivity contribution in [3.8, 4) is 0 Å². The fourth-order valence-corrected chi connectivity index (χ4v) is 4.33. The van der Waals surface area contributed by atoms with Crippen LogP contribution < -0.4 is 0 Å². The van der Waals surface area contributed by atoms with Crippen molar-refractivity contribution in [2.24, 2.45) is 23.7 Å². The predicted molar refractivity (Wildman–Crippen MR) is 68.1 cm³/mol. The van der Waals surface area contributed by atoms with Crippen molar-refractivity contribution < 1.29 is 19.1 Å². The van der Waals surface area contributed by atoms with E-state index in [1.54, 1.807) is 6.92 Å². The number of hydrogen-bond donors (Lipinski definition) is 0. The summed E-state index contributed by atoms with van der Waals surface area (Å²) in [6.45, 7) is 7.88. The minimum Gasteiger partial charge on any atom is -0.465 e. The molecule has 0 aromatic carbocycles. The Balaban J connectivity index is 1.86. The van der Waals surface area contributed by atoms with Gasteiger partial charge < -0.3 is 9.47 Å². The zero-order chi connectivity index (χ0) is 13.8. The van der Waals surface area contributed by atoms with Crippen molar-refractivity contribution in [3.63, 3.8) is 0 Å². The Labute approximate surface area is 113 Å². The van der Waals surface area contributed by atoms with Gasteiger partial charge in [-0.05, 0) is 32.1 Å². The van der Waals surface area contributed by atoms with Crippen LogP contribution in [0.2, 0.25) is 0 Å². The summed E-state index contributed by atoms with van der Waals surface area (Å²) in [5.41, 5.74) is -0.0632. The van der Waals surface area contributed by atoms with Crippen LogP contribution in [-0.4, -0.2) is 24.1 Å². The summed E-state index contributed by atoms with van der Waals surface area (Å²) in [4.78, 5) is 23.8. The highest BCUT2D eigenvalue weighted by molar-refractivity contribution is 5.87. The Morgan fingerprint density at radius 2 is 2.32 bits per heavy atom. The summed E-state index contributed by atoms with van der Waals surface area (Å²) in [5.74, 6) is 0.446. The second-order valence-electron chi connectivity index (χ2n) is 6.21. The maximum absolute atomic E-state index is 11.9. The molecule has 0 radical (unpaired) electrons. The van der Waals surface area contributed by atoms with E-state index in [0.29, 0.717) is 24.0 Å². The van der Waals surface area contributed by atoms with Crippen LogP contribution in [0, 0.1) is 23.7 Å². The van der Waals surface area contributed by atoms with E-state index in [9.17, 15) is 9.59 Å². The molecule has 3 aliphatic rings. The summed E-state index contributed by atoms with van der Waals surface area (Å²) < 4.78 is 10.9. The molecule has 3 fully saturated rings. The van der Waals surface area contributed by atoms with Crippen LogP contribution in [0.3, 0.4) is 0 Å². The van der Waals surface area contributed by atoms with Gasteiger partial charge in [-0.1, -0.05) is 13.5 Å². The molecule has 4 heteroatoms. The molecule has 1 heterocycles. The number of hydrogen-bond acceptors (Lipinski definition) is 4. The van der Waals surface area contributed by atoms with Crippen molar-refractivity contribution in [1.29, 1.82) is 0 Å². The standard InChI is InChI=1S/C15H20O4/c1-4-15(19-13(16)8(2)3)6-9-5-11(15)12-10(9)7-18-14(12)17/h9-12H,2,4-7H2,1,3H3. The topological polar surface area (TPSA) is 52.6 Å². The lowest BCUT2D eigenvalue weighted by Crippen LogP contribution is -2.46. The van der Waals surface area contributed by atoms with Gasteiger partial charge in [-0.25, -0.2) is 4.79 Å². The monoisotopic (exact) mass is 264 g/mol. The number of fused-ring (bicyclic) bond motifs is 5. The van der Waals surface area contributed by atoms with Gasteiger partial charge in [-0.3, -0.25) is 4.79 Å². The van der Waals surface area contributed by atoms with Gasteiger partial charge in [-0.2, -0.15) is 0 Å². The highest BCUT2D eigenvalue weighted by Crippen LogP contribution is 2.61. The van der Waals surface area contributed by atoms with E-state index >= 15 is 0 Å². The van der Waals surface area contributed by atoms with E-state index in [1.165, 1.54) is 0 Å². The van der Waals surface area contributed by atoms with E-state index in [0.717, 1.165) is 19.3 Å². The molecule has 4 nitrogen and oxygen atoms in total. The first-order valence-corrected chi connectivity index (χ1v) is 7.04. The Kier molecular flexibility index (Phi) is 2.73. The Morgan fingerprint density at radius 3 is 2.95 bits per heavy atom. The first-order chi connectivity index (χ1) is 8.98. The highest BCUT2D eigenvalue weighted by Gasteiger charge is 2.65. The number of carbonyl (C=O) groups excluding carboxylic acids is 2. The van der Waals surface area contributed by atoms with Crippen LogP contribution in [-0.2, 0) is 19.1 Å². The predicted octanol–water partition coefficient (Wildman–Crippen LogP) is 2.08. The van der Waals surface area contributed by atoms with E-state index in [4.69, 9.17) is 9.47 Å². The van der Waals surface area contributed by atoms with Gasteiger partial charge >= 0.3 is 11.9 Å². The number of rotatable bonds is 3. The quantitative estimate of drug-likeness (QED) is 0.578. The normalized spacial score (nSPS) is 42.9.